The minimum absolute atomic E-state index is 0.174. The summed E-state index contributed by atoms with van der Waals surface area (Å²) in [5.74, 6) is 0.224. The maximum Gasteiger partial charge on any atom is 0.236 e. The summed E-state index contributed by atoms with van der Waals surface area (Å²) in [4.78, 5) is 11.5. The van der Waals surface area contributed by atoms with E-state index in [0.29, 0.717) is 18.9 Å². The molecule has 0 bridgehead atoms. The molecule has 0 aromatic heterocycles. The highest BCUT2D eigenvalue weighted by Gasteiger charge is 2.20. The molecule has 0 heterocycles. The van der Waals surface area contributed by atoms with E-state index >= 15 is 0 Å². The predicted octanol–water partition coefficient (Wildman–Crippen LogP) is 1.03. The molecule has 3 N–H and O–H groups in total. The minimum atomic E-state index is -0.535. The second-order valence-corrected chi connectivity index (χ2v) is 4.95. The zero-order valence-electron chi connectivity index (χ0n) is 10.0. The lowest BCUT2D eigenvalue weighted by atomic mass is 9.95. The molecule has 0 aliphatic rings. The van der Waals surface area contributed by atoms with Crippen molar-refractivity contribution >= 4 is 5.91 Å². The summed E-state index contributed by atoms with van der Waals surface area (Å²) in [6, 6.07) is 1.65. The summed E-state index contributed by atoms with van der Waals surface area (Å²) in [5, 5.41) is 11.5. The van der Waals surface area contributed by atoms with Crippen LogP contribution in [0.3, 0.4) is 0 Å². The van der Waals surface area contributed by atoms with Gasteiger partial charge in [-0.15, -0.1) is 0 Å². The van der Waals surface area contributed by atoms with Crippen molar-refractivity contribution < 1.29 is 4.79 Å². The van der Waals surface area contributed by atoms with E-state index in [1.165, 1.54) is 0 Å². The van der Waals surface area contributed by atoms with E-state index in [1.54, 1.807) is 13.8 Å². The summed E-state index contributed by atoms with van der Waals surface area (Å²) in [7, 11) is 0. The molecule has 0 aliphatic heterocycles. The maximum atomic E-state index is 11.5. The van der Waals surface area contributed by atoms with Crippen molar-refractivity contribution in [2.24, 2.45) is 17.1 Å². The van der Waals surface area contributed by atoms with Gasteiger partial charge in [0.1, 0.15) is 0 Å². The fourth-order valence-electron chi connectivity index (χ4n) is 1.09. The van der Waals surface area contributed by atoms with Gasteiger partial charge in [-0.1, -0.05) is 13.8 Å². The van der Waals surface area contributed by atoms with Gasteiger partial charge in [-0.25, -0.2) is 0 Å². The van der Waals surface area contributed by atoms with Gasteiger partial charge in [-0.3, -0.25) is 4.79 Å². The third kappa shape index (κ3) is 6.08. The monoisotopic (exact) mass is 211 g/mol. The Morgan fingerprint density at radius 3 is 2.47 bits per heavy atom. The fraction of sp³-hybridized carbons (Fsp3) is 0.818. The van der Waals surface area contributed by atoms with Crippen molar-refractivity contribution in [2.75, 3.05) is 6.54 Å². The van der Waals surface area contributed by atoms with Crippen molar-refractivity contribution in [3.8, 4) is 6.07 Å². The molecule has 0 spiro atoms. The summed E-state index contributed by atoms with van der Waals surface area (Å²) >= 11 is 0. The molecule has 4 nitrogen and oxygen atoms in total. The van der Waals surface area contributed by atoms with Crippen LogP contribution in [0.2, 0.25) is 0 Å². The van der Waals surface area contributed by atoms with Crippen LogP contribution < -0.4 is 11.1 Å². The van der Waals surface area contributed by atoms with Crippen LogP contribution >= 0.6 is 0 Å². The number of nitrogens with one attached hydrogen (secondary N) is 1. The standard InChI is InChI=1S/C11H21N3O/c1-8(2)5-9(13)10(15)14-7-11(3,4)6-12/h8-9H,5,7,13H2,1-4H3,(H,14,15)/t9-/m0/s1. The van der Waals surface area contributed by atoms with E-state index in [0.717, 1.165) is 0 Å². The van der Waals surface area contributed by atoms with Crippen molar-refractivity contribution in [3.05, 3.63) is 0 Å². The third-order valence-corrected chi connectivity index (χ3v) is 2.07. The second-order valence-electron chi connectivity index (χ2n) is 4.95. The average Bonchev–Trinajstić information content (AvgIpc) is 2.13. The number of nitrogens with two attached hydrogens (primary N) is 1. The Labute approximate surface area is 91.8 Å². The van der Waals surface area contributed by atoms with Gasteiger partial charge in [-0.05, 0) is 26.2 Å². The highest BCUT2D eigenvalue weighted by atomic mass is 16.2. The Balaban J connectivity index is 4.00. The van der Waals surface area contributed by atoms with Gasteiger partial charge >= 0.3 is 0 Å². The first-order valence-corrected chi connectivity index (χ1v) is 5.23. The van der Waals surface area contributed by atoms with Crippen LogP contribution in [0.15, 0.2) is 0 Å². The third-order valence-electron chi connectivity index (χ3n) is 2.07. The van der Waals surface area contributed by atoms with Crippen molar-refractivity contribution in [2.45, 2.75) is 40.2 Å². The predicted molar refractivity (Wildman–Crippen MR) is 59.8 cm³/mol. The first kappa shape index (κ1) is 13.9. The molecule has 0 radical (unpaired) electrons. The van der Waals surface area contributed by atoms with Crippen LogP contribution in [0.25, 0.3) is 0 Å². The summed E-state index contributed by atoms with van der Waals surface area (Å²) in [6.07, 6.45) is 0.665. The van der Waals surface area contributed by atoms with E-state index in [2.05, 4.69) is 11.4 Å². The van der Waals surface area contributed by atoms with Gasteiger partial charge in [0.05, 0.1) is 17.5 Å². The van der Waals surface area contributed by atoms with Gasteiger partial charge in [0, 0.05) is 6.54 Å². The van der Waals surface area contributed by atoms with E-state index < -0.39 is 11.5 Å². The summed E-state index contributed by atoms with van der Waals surface area (Å²) in [5.41, 5.74) is 5.16. The van der Waals surface area contributed by atoms with Gasteiger partial charge in [0.25, 0.3) is 0 Å². The quantitative estimate of drug-likeness (QED) is 0.712. The zero-order valence-corrected chi connectivity index (χ0v) is 10.0. The number of rotatable bonds is 5. The molecule has 0 aromatic carbocycles. The number of hydrogen-bond donors (Lipinski definition) is 2. The van der Waals surface area contributed by atoms with Gasteiger partial charge < -0.3 is 11.1 Å². The van der Waals surface area contributed by atoms with Crippen LogP contribution in [0.5, 0.6) is 0 Å². The van der Waals surface area contributed by atoms with Gasteiger partial charge in [-0.2, -0.15) is 5.26 Å². The molecule has 1 atom stereocenters. The molecule has 0 aliphatic carbocycles. The smallest absolute Gasteiger partial charge is 0.236 e. The van der Waals surface area contributed by atoms with Crippen LogP contribution in [-0.4, -0.2) is 18.5 Å². The first-order chi connectivity index (χ1) is 6.78. The number of hydrogen-bond acceptors (Lipinski definition) is 3. The molecule has 0 fully saturated rings. The lowest BCUT2D eigenvalue weighted by Gasteiger charge is -2.19. The molecular weight excluding hydrogens is 190 g/mol. The van der Waals surface area contributed by atoms with Crippen molar-refractivity contribution in [3.63, 3.8) is 0 Å². The number of carbonyl (C=O) groups excluding carboxylic acids is 1. The molecule has 0 saturated heterocycles. The Morgan fingerprint density at radius 2 is 2.07 bits per heavy atom. The lowest BCUT2D eigenvalue weighted by molar-refractivity contribution is -0.123. The van der Waals surface area contributed by atoms with E-state index in [1.807, 2.05) is 13.8 Å². The lowest BCUT2D eigenvalue weighted by Crippen LogP contribution is -2.44. The number of nitriles is 1. The van der Waals surface area contributed by atoms with Crippen LogP contribution in [0.4, 0.5) is 0 Å². The van der Waals surface area contributed by atoms with E-state index in [9.17, 15) is 4.79 Å². The van der Waals surface area contributed by atoms with E-state index in [-0.39, 0.29) is 5.91 Å². The van der Waals surface area contributed by atoms with Crippen LogP contribution in [0.1, 0.15) is 34.1 Å². The highest BCUT2D eigenvalue weighted by molar-refractivity contribution is 5.81. The average molecular weight is 211 g/mol. The molecular formula is C11H21N3O. The largest absolute Gasteiger partial charge is 0.353 e. The van der Waals surface area contributed by atoms with Crippen LogP contribution in [-0.2, 0) is 4.79 Å². The summed E-state index contributed by atoms with van der Waals surface area (Å²) in [6.45, 7) is 7.94. The SMILES string of the molecule is CC(C)C[C@H](N)C(=O)NCC(C)(C)C#N. The summed E-state index contributed by atoms with van der Waals surface area (Å²) < 4.78 is 0. The zero-order chi connectivity index (χ0) is 12.1. The molecule has 0 unspecified atom stereocenters. The van der Waals surface area contributed by atoms with Crippen molar-refractivity contribution in [1.29, 1.82) is 5.26 Å². The first-order valence-electron chi connectivity index (χ1n) is 5.23. The van der Waals surface area contributed by atoms with Crippen LogP contribution in [0, 0.1) is 22.7 Å². The van der Waals surface area contributed by atoms with Crippen molar-refractivity contribution in [1.82, 2.24) is 5.32 Å². The number of amides is 1. The molecule has 1 amide bonds. The Morgan fingerprint density at radius 1 is 1.53 bits per heavy atom. The van der Waals surface area contributed by atoms with E-state index in [4.69, 9.17) is 11.0 Å². The minimum Gasteiger partial charge on any atom is -0.353 e. The Hall–Kier alpha value is -1.08. The molecule has 0 saturated carbocycles. The Kier molecular flexibility index (Phi) is 5.31. The molecule has 0 rings (SSSR count). The molecule has 0 aromatic rings. The Bertz CT molecular complexity index is 253. The number of nitrogens with zero attached hydrogens (tertiary/aromatic N) is 1. The molecule has 15 heavy (non-hydrogen) atoms. The second kappa shape index (κ2) is 5.72. The topological polar surface area (TPSA) is 78.9 Å². The fourth-order valence-corrected chi connectivity index (χ4v) is 1.09. The number of carbonyl (C=O) groups is 1. The molecule has 4 heteroatoms. The normalized spacial score (nSPS) is 13.4. The maximum absolute atomic E-state index is 11.5. The highest BCUT2D eigenvalue weighted by Crippen LogP contribution is 2.11. The van der Waals surface area contributed by atoms with Gasteiger partial charge in [0.15, 0.2) is 0 Å². The van der Waals surface area contributed by atoms with Gasteiger partial charge in [0.2, 0.25) is 5.91 Å². The molecule has 86 valence electrons.